The Labute approximate surface area is 329 Å². The molecule has 58 heavy (non-hydrogen) atoms. The van der Waals surface area contributed by atoms with Crippen LogP contribution in [0.5, 0.6) is 17.2 Å². The summed E-state index contributed by atoms with van der Waals surface area (Å²) in [5, 5.41) is 19.6. The van der Waals surface area contributed by atoms with Gasteiger partial charge in [0.2, 0.25) is 35.3 Å². The second-order valence-corrected chi connectivity index (χ2v) is 13.4. The summed E-state index contributed by atoms with van der Waals surface area (Å²) in [7, 11) is 0. The predicted molar refractivity (Wildman–Crippen MR) is 198 cm³/mol. The van der Waals surface area contributed by atoms with Crippen LogP contribution >= 0.6 is 0 Å². The molecule has 1 saturated carbocycles. The van der Waals surface area contributed by atoms with Crippen molar-refractivity contribution in [3.05, 3.63) is 120 Å². The zero-order valence-corrected chi connectivity index (χ0v) is 30.7. The molecule has 0 aromatic heterocycles. The van der Waals surface area contributed by atoms with E-state index in [2.05, 4.69) is 26.0 Å². The van der Waals surface area contributed by atoms with Gasteiger partial charge in [-0.05, 0) is 49.1 Å². The molecule has 0 saturated heterocycles. The third-order valence-electron chi connectivity index (χ3n) is 9.27. The molecule has 0 aliphatic heterocycles. The van der Waals surface area contributed by atoms with Crippen molar-refractivity contribution in [2.45, 2.75) is 57.2 Å². The number of para-hydroxylation sites is 1. The first-order chi connectivity index (χ1) is 27.7. The maximum absolute atomic E-state index is 14.1. The standard InChI is InChI=1S/C41H38F4N4O9/c42-28-20-29(43)36(45)37(35(28)44)57-23-32(50)31(21-34(52)53)49-40(56)41(17-8-18-41)39(55)48-30(15-16-33(51)46-22-24-9-3-1-4-10-24)38(54)47-25-11-7-14-27(19-25)58-26-12-5-2-6-13-26/h1-7,9-14,19-20,30-31H,8,15-18,21-23H2,(H,46,51)(H,47,54)(H,48,55)(H,49,56)(H,52,53). The molecule has 5 rings (SSSR count). The topological polar surface area (TPSA) is 189 Å². The highest BCUT2D eigenvalue weighted by Gasteiger charge is 2.52. The summed E-state index contributed by atoms with van der Waals surface area (Å²) in [6.45, 7) is -1.12. The molecule has 0 radical (unpaired) electrons. The molecular weight excluding hydrogens is 768 g/mol. The van der Waals surface area contributed by atoms with E-state index in [-0.39, 0.29) is 44.0 Å². The molecule has 2 atom stereocenters. The molecule has 1 aliphatic rings. The van der Waals surface area contributed by atoms with Crippen LogP contribution in [0.15, 0.2) is 91.0 Å². The van der Waals surface area contributed by atoms with Crippen LogP contribution in [0.2, 0.25) is 0 Å². The third-order valence-corrected chi connectivity index (χ3v) is 9.27. The lowest BCUT2D eigenvalue weighted by molar-refractivity contribution is -0.152. The summed E-state index contributed by atoms with van der Waals surface area (Å²) in [5.74, 6) is -14.3. The van der Waals surface area contributed by atoms with Gasteiger partial charge in [0.1, 0.15) is 35.6 Å². The highest BCUT2D eigenvalue weighted by molar-refractivity contribution is 6.09. The van der Waals surface area contributed by atoms with Gasteiger partial charge in [-0.3, -0.25) is 28.8 Å². The lowest BCUT2D eigenvalue weighted by Crippen LogP contribution is -2.60. The normalized spacial score (nSPS) is 13.8. The van der Waals surface area contributed by atoms with Gasteiger partial charge >= 0.3 is 5.97 Å². The van der Waals surface area contributed by atoms with Gasteiger partial charge < -0.3 is 35.8 Å². The Morgan fingerprint density at radius 2 is 1.34 bits per heavy atom. The number of carbonyl (C=O) groups excluding carboxylic acids is 5. The second kappa shape index (κ2) is 19.4. The number of ether oxygens (including phenoxy) is 2. The van der Waals surface area contributed by atoms with E-state index >= 15 is 0 Å². The van der Waals surface area contributed by atoms with Gasteiger partial charge in [0, 0.05) is 30.8 Å². The van der Waals surface area contributed by atoms with Gasteiger partial charge in [0.05, 0.1) is 6.42 Å². The van der Waals surface area contributed by atoms with Crippen LogP contribution in [-0.2, 0) is 35.3 Å². The number of hydrogen-bond acceptors (Lipinski definition) is 8. The Kier molecular flexibility index (Phi) is 14.2. The van der Waals surface area contributed by atoms with Gasteiger partial charge in [0.15, 0.2) is 23.2 Å². The van der Waals surface area contributed by atoms with E-state index < -0.39 is 94.9 Å². The fourth-order valence-electron chi connectivity index (χ4n) is 5.94. The fraction of sp³-hybridized carbons (Fsp3) is 0.268. The van der Waals surface area contributed by atoms with E-state index in [1.807, 2.05) is 24.3 Å². The Hall–Kier alpha value is -6.78. The average Bonchev–Trinajstić information content (AvgIpc) is 3.17. The van der Waals surface area contributed by atoms with E-state index in [1.165, 1.54) is 6.07 Å². The first-order valence-corrected chi connectivity index (χ1v) is 18.0. The van der Waals surface area contributed by atoms with Crippen molar-refractivity contribution in [3.8, 4) is 17.2 Å². The summed E-state index contributed by atoms with van der Waals surface area (Å²) in [6.07, 6.45) is -1.34. The minimum Gasteiger partial charge on any atom is -0.481 e. The largest absolute Gasteiger partial charge is 0.481 e. The van der Waals surface area contributed by atoms with Gasteiger partial charge in [-0.25, -0.2) is 8.78 Å². The van der Waals surface area contributed by atoms with Gasteiger partial charge in [-0.1, -0.05) is 61.0 Å². The van der Waals surface area contributed by atoms with Crippen molar-refractivity contribution < 1.29 is 60.9 Å². The smallest absolute Gasteiger partial charge is 0.305 e. The summed E-state index contributed by atoms with van der Waals surface area (Å²) in [4.78, 5) is 78.9. The zero-order valence-electron chi connectivity index (χ0n) is 30.7. The first kappa shape index (κ1) is 42.4. The number of carboxylic acids is 1. The predicted octanol–water partition coefficient (Wildman–Crippen LogP) is 5.33. The van der Waals surface area contributed by atoms with Crippen molar-refractivity contribution in [1.82, 2.24) is 16.0 Å². The molecule has 5 N–H and O–H groups in total. The third kappa shape index (κ3) is 11.0. The van der Waals surface area contributed by atoms with Crippen molar-refractivity contribution in [2.24, 2.45) is 5.41 Å². The Balaban J connectivity index is 1.30. The first-order valence-electron chi connectivity index (χ1n) is 18.0. The summed E-state index contributed by atoms with van der Waals surface area (Å²) < 4.78 is 66.1. The number of carbonyl (C=O) groups is 6. The Morgan fingerprint density at radius 3 is 1.95 bits per heavy atom. The Morgan fingerprint density at radius 1 is 0.741 bits per heavy atom. The molecule has 0 heterocycles. The van der Waals surface area contributed by atoms with Crippen molar-refractivity contribution >= 4 is 41.1 Å². The SMILES string of the molecule is O=C(O)CC(NC(=O)C1(C(=O)NC(CCC(=O)NCc2ccccc2)C(=O)Nc2cccc(Oc3ccccc3)c2)CCC1)C(=O)COc1c(F)c(F)cc(F)c1F. The average molecular weight is 807 g/mol. The molecule has 304 valence electrons. The Bertz CT molecular complexity index is 2130. The molecule has 13 nitrogen and oxygen atoms in total. The lowest BCUT2D eigenvalue weighted by atomic mass is 9.67. The molecule has 2 unspecified atom stereocenters. The number of benzene rings is 4. The molecule has 4 aromatic carbocycles. The number of hydrogen-bond donors (Lipinski definition) is 5. The van der Waals surface area contributed by atoms with Gasteiger partial charge in [-0.15, -0.1) is 0 Å². The molecular formula is C41H38F4N4O9. The second-order valence-electron chi connectivity index (χ2n) is 13.4. The summed E-state index contributed by atoms with van der Waals surface area (Å²) in [5.41, 5.74) is -0.804. The molecule has 1 aliphatic carbocycles. The molecule has 4 amide bonds. The number of rotatable bonds is 19. The maximum atomic E-state index is 14.1. The van der Waals surface area contributed by atoms with Gasteiger partial charge in [-0.2, -0.15) is 8.78 Å². The lowest BCUT2D eigenvalue weighted by Gasteiger charge is -2.40. The number of halogens is 4. The van der Waals surface area contributed by atoms with E-state index in [4.69, 9.17) is 4.74 Å². The molecule has 17 heteroatoms. The van der Waals surface area contributed by atoms with Crippen LogP contribution in [-0.4, -0.2) is 59.2 Å². The van der Waals surface area contributed by atoms with E-state index in [0.29, 0.717) is 17.9 Å². The summed E-state index contributed by atoms with van der Waals surface area (Å²) >= 11 is 0. The highest BCUT2D eigenvalue weighted by Crippen LogP contribution is 2.42. The highest BCUT2D eigenvalue weighted by atomic mass is 19.2. The molecule has 0 bridgehead atoms. The van der Waals surface area contributed by atoms with Crippen LogP contribution < -0.4 is 30.7 Å². The number of amides is 4. The molecule has 1 fully saturated rings. The molecule has 0 spiro atoms. The van der Waals surface area contributed by atoms with E-state index in [0.717, 1.165) is 5.56 Å². The van der Waals surface area contributed by atoms with Gasteiger partial charge in [0.25, 0.3) is 0 Å². The number of Topliss-reactive ketones (excluding diaryl/α,β-unsaturated/α-hetero) is 1. The monoisotopic (exact) mass is 806 g/mol. The van der Waals surface area contributed by atoms with Crippen LogP contribution in [0.25, 0.3) is 0 Å². The number of ketones is 1. The fourth-order valence-corrected chi connectivity index (χ4v) is 5.94. The van der Waals surface area contributed by atoms with Crippen LogP contribution in [0.3, 0.4) is 0 Å². The molecule has 4 aromatic rings. The van der Waals surface area contributed by atoms with Crippen molar-refractivity contribution in [1.29, 1.82) is 0 Å². The van der Waals surface area contributed by atoms with Crippen LogP contribution in [0.1, 0.15) is 44.1 Å². The number of anilines is 1. The number of aliphatic carboxylic acids is 1. The van der Waals surface area contributed by atoms with Crippen LogP contribution in [0.4, 0.5) is 23.2 Å². The van der Waals surface area contributed by atoms with Crippen LogP contribution in [0, 0.1) is 28.7 Å². The van der Waals surface area contributed by atoms with E-state index in [9.17, 15) is 51.4 Å². The zero-order chi connectivity index (χ0) is 41.8. The number of carboxylic acid groups (broad SMARTS) is 1. The van der Waals surface area contributed by atoms with Crippen molar-refractivity contribution in [2.75, 3.05) is 11.9 Å². The quantitative estimate of drug-likeness (QED) is 0.0474. The van der Waals surface area contributed by atoms with E-state index in [1.54, 1.807) is 54.6 Å². The minimum absolute atomic E-state index is 0.0789. The maximum Gasteiger partial charge on any atom is 0.305 e. The summed E-state index contributed by atoms with van der Waals surface area (Å²) in [6, 6.07) is 20.9. The van der Waals surface area contributed by atoms with Crippen molar-refractivity contribution in [3.63, 3.8) is 0 Å². The minimum atomic E-state index is -1.95. The number of nitrogens with one attached hydrogen (secondary N) is 4.